The molecular weight excluding hydrogens is 463 g/mol. The Morgan fingerprint density at radius 2 is 1.91 bits per heavy atom. The molecule has 0 radical (unpaired) electrons. The maximum atomic E-state index is 12.9. The highest BCUT2D eigenvalue weighted by atomic mass is 32.2. The van der Waals surface area contributed by atoms with E-state index in [1.807, 2.05) is 18.5 Å². The van der Waals surface area contributed by atoms with Crippen LogP contribution in [0.4, 0.5) is 13.2 Å². The Balaban J connectivity index is 1.11. The summed E-state index contributed by atoms with van der Waals surface area (Å²) in [5, 5.41) is 9.41. The van der Waals surface area contributed by atoms with E-state index in [0.29, 0.717) is 29.3 Å². The summed E-state index contributed by atoms with van der Waals surface area (Å²) >= 11 is 1.69. The number of oxazole rings is 1. The van der Waals surface area contributed by atoms with Gasteiger partial charge in [-0.15, -0.1) is 10.2 Å². The number of aromatic nitrogens is 4. The molecule has 0 unspecified atom stereocenters. The average Bonchev–Trinajstić information content (AvgIpc) is 3.56. The first-order chi connectivity index (χ1) is 16.3. The first-order valence-corrected chi connectivity index (χ1v) is 12.6. The number of fused-ring (bicyclic) bond motifs is 1. The standard InChI is InChI=1S/C24H28F3N5OS/c1-15-21(33-14-28-15)22-29-30-23(31(22)2)34-11-3-10-32-12-17-6-9-19(20(17)13-32)16-4-7-18(8-5-16)24(25,26)27/h4-5,7-8,14,17,19-20H,3,6,9-13H2,1-2H3/t17-,19-,20+/m1/s1. The molecule has 10 heteroatoms. The Labute approximate surface area is 200 Å². The van der Waals surface area contributed by atoms with E-state index in [4.69, 9.17) is 4.42 Å². The van der Waals surface area contributed by atoms with E-state index in [0.717, 1.165) is 61.1 Å². The van der Waals surface area contributed by atoms with Crippen LogP contribution in [0.25, 0.3) is 11.6 Å². The number of rotatable bonds is 7. The molecule has 1 saturated heterocycles. The minimum atomic E-state index is -4.28. The maximum Gasteiger partial charge on any atom is 0.416 e. The predicted molar refractivity (Wildman–Crippen MR) is 123 cm³/mol. The highest BCUT2D eigenvalue weighted by molar-refractivity contribution is 7.99. The number of hydrogen-bond acceptors (Lipinski definition) is 6. The van der Waals surface area contributed by atoms with Gasteiger partial charge in [-0.3, -0.25) is 0 Å². The zero-order chi connectivity index (χ0) is 23.9. The fourth-order valence-corrected chi connectivity index (χ4v) is 6.31. The topological polar surface area (TPSA) is 60.0 Å². The van der Waals surface area contributed by atoms with Crippen LogP contribution < -0.4 is 0 Å². The normalized spacial score (nSPS) is 23.0. The van der Waals surface area contributed by atoms with Gasteiger partial charge in [-0.2, -0.15) is 13.2 Å². The van der Waals surface area contributed by atoms with E-state index in [2.05, 4.69) is 20.1 Å². The Bertz CT molecular complexity index is 1130. The lowest BCUT2D eigenvalue weighted by atomic mass is 9.86. The van der Waals surface area contributed by atoms with Gasteiger partial charge in [-0.25, -0.2) is 4.98 Å². The number of likely N-dealkylation sites (tertiary alicyclic amines) is 1. The smallest absolute Gasteiger partial charge is 0.416 e. The number of nitrogens with zero attached hydrogens (tertiary/aromatic N) is 5. The summed E-state index contributed by atoms with van der Waals surface area (Å²) in [5.74, 6) is 3.81. The van der Waals surface area contributed by atoms with Crippen LogP contribution in [0.2, 0.25) is 0 Å². The van der Waals surface area contributed by atoms with Gasteiger partial charge in [0.25, 0.3) is 0 Å². The zero-order valence-electron chi connectivity index (χ0n) is 19.3. The van der Waals surface area contributed by atoms with Gasteiger partial charge in [0.2, 0.25) is 5.82 Å². The van der Waals surface area contributed by atoms with Gasteiger partial charge in [-0.05, 0) is 68.2 Å². The first kappa shape index (κ1) is 23.4. The number of aryl methyl sites for hydroxylation is 1. The SMILES string of the molecule is Cc1ncoc1-c1nnc(SCCCN2C[C@H]3CC[C@H](c4ccc(C(F)(F)F)cc4)[C@H]3C2)n1C. The quantitative estimate of drug-likeness (QED) is 0.326. The van der Waals surface area contributed by atoms with Gasteiger partial charge in [0.05, 0.1) is 11.3 Å². The lowest BCUT2D eigenvalue weighted by molar-refractivity contribution is -0.137. The summed E-state index contributed by atoms with van der Waals surface area (Å²) in [4.78, 5) is 6.64. The first-order valence-electron chi connectivity index (χ1n) is 11.6. The number of hydrogen-bond donors (Lipinski definition) is 0. The Morgan fingerprint density at radius 3 is 2.62 bits per heavy atom. The second-order valence-electron chi connectivity index (χ2n) is 9.32. The van der Waals surface area contributed by atoms with E-state index >= 15 is 0 Å². The lowest BCUT2D eigenvalue weighted by Gasteiger charge is -2.21. The monoisotopic (exact) mass is 491 g/mol. The molecule has 0 bridgehead atoms. The van der Waals surface area contributed by atoms with Crippen LogP contribution in [-0.2, 0) is 13.2 Å². The largest absolute Gasteiger partial charge is 0.440 e. The van der Waals surface area contributed by atoms with Crippen molar-refractivity contribution in [2.45, 2.75) is 43.4 Å². The summed E-state index contributed by atoms with van der Waals surface area (Å²) < 4.78 is 46.1. The summed E-state index contributed by atoms with van der Waals surface area (Å²) in [6, 6.07) is 5.83. The van der Waals surface area contributed by atoms with Crippen molar-refractivity contribution < 1.29 is 17.6 Å². The van der Waals surface area contributed by atoms with E-state index in [-0.39, 0.29) is 0 Å². The van der Waals surface area contributed by atoms with Crippen LogP contribution in [0, 0.1) is 18.8 Å². The van der Waals surface area contributed by atoms with E-state index in [9.17, 15) is 13.2 Å². The van der Waals surface area contributed by atoms with Gasteiger partial charge in [0.1, 0.15) is 0 Å². The van der Waals surface area contributed by atoms with Crippen molar-refractivity contribution in [2.75, 3.05) is 25.4 Å². The molecule has 0 spiro atoms. The summed E-state index contributed by atoms with van der Waals surface area (Å²) in [6.45, 7) is 5.02. The van der Waals surface area contributed by atoms with Crippen LogP contribution >= 0.6 is 11.8 Å². The Morgan fingerprint density at radius 1 is 1.12 bits per heavy atom. The molecule has 5 rings (SSSR count). The molecule has 2 fully saturated rings. The Hall–Kier alpha value is -2.33. The van der Waals surface area contributed by atoms with Crippen molar-refractivity contribution in [1.82, 2.24) is 24.6 Å². The fourth-order valence-electron chi connectivity index (χ4n) is 5.48. The second-order valence-corrected chi connectivity index (χ2v) is 10.4. The fraction of sp³-hybridized carbons (Fsp3) is 0.542. The van der Waals surface area contributed by atoms with Crippen LogP contribution in [-0.4, -0.2) is 50.0 Å². The zero-order valence-corrected chi connectivity index (χ0v) is 20.1. The molecule has 1 saturated carbocycles. The molecule has 3 atom stereocenters. The van der Waals surface area contributed by atoms with Crippen LogP contribution in [0.3, 0.4) is 0 Å². The lowest BCUT2D eigenvalue weighted by Crippen LogP contribution is -2.24. The molecule has 0 amide bonds. The summed E-state index contributed by atoms with van der Waals surface area (Å²) in [5.41, 5.74) is 1.28. The van der Waals surface area contributed by atoms with Gasteiger partial charge >= 0.3 is 6.18 Å². The highest BCUT2D eigenvalue weighted by Crippen LogP contribution is 2.47. The minimum absolute atomic E-state index is 0.364. The summed E-state index contributed by atoms with van der Waals surface area (Å²) in [6.07, 6.45) is 0.409. The molecule has 2 aliphatic rings. The molecule has 6 nitrogen and oxygen atoms in total. The number of alkyl halides is 3. The van der Waals surface area contributed by atoms with Crippen molar-refractivity contribution in [2.24, 2.45) is 18.9 Å². The second kappa shape index (κ2) is 9.37. The molecule has 3 aromatic rings. The van der Waals surface area contributed by atoms with Crippen molar-refractivity contribution in [3.63, 3.8) is 0 Å². The molecule has 0 N–H and O–H groups in total. The van der Waals surface area contributed by atoms with Crippen LogP contribution in [0.5, 0.6) is 0 Å². The molecule has 2 aromatic heterocycles. The molecule has 182 valence electrons. The van der Waals surface area contributed by atoms with Gasteiger partial charge < -0.3 is 13.9 Å². The van der Waals surface area contributed by atoms with Crippen molar-refractivity contribution >= 4 is 11.8 Å². The van der Waals surface area contributed by atoms with Crippen LogP contribution in [0.1, 0.15) is 42.0 Å². The molecule has 3 heterocycles. The highest BCUT2D eigenvalue weighted by Gasteiger charge is 2.43. The third-order valence-corrected chi connectivity index (χ3v) is 8.34. The van der Waals surface area contributed by atoms with E-state index < -0.39 is 11.7 Å². The number of halogens is 3. The van der Waals surface area contributed by atoms with Crippen molar-refractivity contribution in [1.29, 1.82) is 0 Å². The Kier molecular flexibility index (Phi) is 6.45. The third kappa shape index (κ3) is 4.62. The van der Waals surface area contributed by atoms with Crippen molar-refractivity contribution in [3.05, 3.63) is 47.5 Å². The molecular formula is C24H28F3N5OS. The molecule has 1 aliphatic heterocycles. The van der Waals surface area contributed by atoms with Crippen molar-refractivity contribution in [3.8, 4) is 11.6 Å². The number of thioether (sulfide) groups is 1. The number of benzene rings is 1. The maximum absolute atomic E-state index is 12.9. The van der Waals surface area contributed by atoms with E-state index in [1.165, 1.54) is 18.5 Å². The van der Waals surface area contributed by atoms with E-state index in [1.54, 1.807) is 23.9 Å². The summed E-state index contributed by atoms with van der Waals surface area (Å²) in [7, 11) is 1.93. The van der Waals surface area contributed by atoms with Gasteiger partial charge in [-0.1, -0.05) is 23.9 Å². The third-order valence-electron chi connectivity index (χ3n) is 7.23. The van der Waals surface area contributed by atoms with Gasteiger partial charge in [0.15, 0.2) is 17.3 Å². The molecule has 1 aromatic carbocycles. The van der Waals surface area contributed by atoms with Crippen LogP contribution in [0.15, 0.2) is 40.2 Å². The average molecular weight is 492 g/mol. The molecule has 34 heavy (non-hydrogen) atoms. The molecule has 1 aliphatic carbocycles. The van der Waals surface area contributed by atoms with Gasteiger partial charge in [0, 0.05) is 25.9 Å². The minimum Gasteiger partial charge on any atom is -0.440 e. The predicted octanol–water partition coefficient (Wildman–Crippen LogP) is 5.41.